The Morgan fingerprint density at radius 3 is 2.82 bits per heavy atom. The fraction of sp³-hybridized carbons (Fsp3) is 0.467. The highest BCUT2D eigenvalue weighted by atomic mass is 32.1. The standard InChI is InChI=1S/C15H18N4O2S/c1-15(4-2-3-5-21-15)14-17-7-11(8-18-14)6-16-13(20)12-9-22-10-19-12/h7-10H,2-6H2,1H3,(H,16,20)/t15-/m1/s1. The molecular weight excluding hydrogens is 300 g/mol. The zero-order chi connectivity index (χ0) is 15.4. The molecule has 1 amide bonds. The van der Waals surface area contributed by atoms with Gasteiger partial charge in [0.15, 0.2) is 5.82 Å². The van der Waals surface area contributed by atoms with Gasteiger partial charge in [-0.25, -0.2) is 15.0 Å². The largest absolute Gasteiger partial charge is 0.367 e. The van der Waals surface area contributed by atoms with Crippen molar-refractivity contribution in [2.75, 3.05) is 6.61 Å². The summed E-state index contributed by atoms with van der Waals surface area (Å²) in [6.45, 7) is 3.17. The van der Waals surface area contributed by atoms with Gasteiger partial charge < -0.3 is 10.1 Å². The number of aromatic nitrogens is 3. The molecule has 2 aromatic rings. The van der Waals surface area contributed by atoms with Crippen molar-refractivity contribution >= 4 is 17.2 Å². The number of ether oxygens (including phenoxy) is 1. The first-order chi connectivity index (χ1) is 10.7. The van der Waals surface area contributed by atoms with Crippen LogP contribution in [0.25, 0.3) is 0 Å². The molecule has 1 aliphatic heterocycles. The maximum Gasteiger partial charge on any atom is 0.271 e. The van der Waals surface area contributed by atoms with Crippen molar-refractivity contribution in [3.8, 4) is 0 Å². The van der Waals surface area contributed by atoms with Crippen LogP contribution in [0.5, 0.6) is 0 Å². The fourth-order valence-electron chi connectivity index (χ4n) is 2.43. The Bertz CT molecular complexity index is 622. The molecule has 1 atom stereocenters. The van der Waals surface area contributed by atoms with Crippen LogP contribution in [0.2, 0.25) is 0 Å². The second-order valence-electron chi connectivity index (χ2n) is 5.51. The van der Waals surface area contributed by atoms with E-state index in [1.807, 2.05) is 6.92 Å². The van der Waals surface area contributed by atoms with Gasteiger partial charge in [0.05, 0.1) is 5.51 Å². The summed E-state index contributed by atoms with van der Waals surface area (Å²) in [6.07, 6.45) is 6.65. The summed E-state index contributed by atoms with van der Waals surface area (Å²) in [7, 11) is 0. The summed E-state index contributed by atoms with van der Waals surface area (Å²) in [5, 5.41) is 4.52. The minimum absolute atomic E-state index is 0.187. The van der Waals surface area contributed by atoms with Crippen LogP contribution in [0, 0.1) is 0 Å². The van der Waals surface area contributed by atoms with Crippen LogP contribution in [0.4, 0.5) is 0 Å². The number of hydrogen-bond donors (Lipinski definition) is 1. The number of thiazole rings is 1. The van der Waals surface area contributed by atoms with Crippen LogP contribution < -0.4 is 5.32 Å². The molecule has 1 fully saturated rings. The third-order valence-electron chi connectivity index (χ3n) is 3.77. The van der Waals surface area contributed by atoms with Gasteiger partial charge in [0.2, 0.25) is 0 Å². The molecule has 0 bridgehead atoms. The molecule has 3 heterocycles. The van der Waals surface area contributed by atoms with E-state index >= 15 is 0 Å². The molecule has 0 spiro atoms. The van der Waals surface area contributed by atoms with Gasteiger partial charge in [0.25, 0.3) is 5.91 Å². The van der Waals surface area contributed by atoms with Gasteiger partial charge in [-0.2, -0.15) is 0 Å². The van der Waals surface area contributed by atoms with Gasteiger partial charge in [-0.3, -0.25) is 4.79 Å². The molecule has 1 saturated heterocycles. The van der Waals surface area contributed by atoms with Gasteiger partial charge in [-0.1, -0.05) is 0 Å². The molecule has 1 aliphatic rings. The first kappa shape index (κ1) is 15.1. The number of hydrogen-bond acceptors (Lipinski definition) is 6. The van der Waals surface area contributed by atoms with Gasteiger partial charge in [0, 0.05) is 36.5 Å². The average Bonchev–Trinajstić information content (AvgIpc) is 3.08. The van der Waals surface area contributed by atoms with Crippen LogP contribution in [-0.2, 0) is 16.9 Å². The van der Waals surface area contributed by atoms with Crippen molar-refractivity contribution in [1.82, 2.24) is 20.3 Å². The number of nitrogens with zero attached hydrogens (tertiary/aromatic N) is 3. The summed E-state index contributed by atoms with van der Waals surface area (Å²) in [5.41, 5.74) is 2.54. The maximum absolute atomic E-state index is 11.8. The summed E-state index contributed by atoms with van der Waals surface area (Å²) in [4.78, 5) is 24.6. The smallest absolute Gasteiger partial charge is 0.271 e. The van der Waals surface area contributed by atoms with Crippen molar-refractivity contribution in [1.29, 1.82) is 0 Å². The SMILES string of the molecule is C[C@]1(c2ncc(CNC(=O)c3cscn3)cn2)CCCCO1. The topological polar surface area (TPSA) is 77.0 Å². The van der Waals surface area contributed by atoms with Crippen LogP contribution in [-0.4, -0.2) is 27.5 Å². The van der Waals surface area contributed by atoms with Crippen molar-refractivity contribution in [3.05, 3.63) is 40.4 Å². The van der Waals surface area contributed by atoms with Crippen LogP contribution >= 0.6 is 11.3 Å². The second kappa shape index (κ2) is 6.50. The quantitative estimate of drug-likeness (QED) is 0.936. The van der Waals surface area contributed by atoms with Crippen molar-refractivity contribution < 1.29 is 9.53 Å². The van der Waals surface area contributed by atoms with Gasteiger partial charge >= 0.3 is 0 Å². The molecule has 0 radical (unpaired) electrons. The minimum atomic E-state index is -0.388. The number of carbonyl (C=O) groups is 1. The molecule has 116 valence electrons. The Morgan fingerprint density at radius 1 is 1.36 bits per heavy atom. The van der Waals surface area contributed by atoms with E-state index in [9.17, 15) is 4.79 Å². The molecule has 0 unspecified atom stereocenters. The van der Waals surface area contributed by atoms with Crippen molar-refractivity contribution in [3.63, 3.8) is 0 Å². The third-order valence-corrected chi connectivity index (χ3v) is 4.35. The van der Waals surface area contributed by atoms with E-state index in [2.05, 4.69) is 20.3 Å². The van der Waals surface area contributed by atoms with Gasteiger partial charge in [-0.05, 0) is 26.2 Å². The third kappa shape index (κ3) is 3.31. The van der Waals surface area contributed by atoms with Crippen LogP contribution in [0.3, 0.4) is 0 Å². The average molecular weight is 318 g/mol. The lowest BCUT2D eigenvalue weighted by Crippen LogP contribution is -2.32. The summed E-state index contributed by atoms with van der Waals surface area (Å²) in [5.74, 6) is 0.523. The van der Waals surface area contributed by atoms with E-state index < -0.39 is 0 Å². The Balaban J connectivity index is 1.61. The number of nitrogens with one attached hydrogen (secondary N) is 1. The van der Waals surface area contributed by atoms with E-state index in [0.29, 0.717) is 18.1 Å². The first-order valence-electron chi connectivity index (χ1n) is 7.29. The Morgan fingerprint density at radius 2 is 2.18 bits per heavy atom. The van der Waals surface area contributed by atoms with E-state index in [4.69, 9.17) is 4.74 Å². The lowest BCUT2D eigenvalue weighted by Gasteiger charge is -2.32. The molecule has 0 saturated carbocycles. The lowest BCUT2D eigenvalue weighted by atomic mass is 9.95. The highest BCUT2D eigenvalue weighted by Crippen LogP contribution is 2.32. The van der Waals surface area contributed by atoms with Crippen molar-refractivity contribution in [2.24, 2.45) is 0 Å². The monoisotopic (exact) mass is 318 g/mol. The molecule has 1 N–H and O–H groups in total. The van der Waals surface area contributed by atoms with E-state index in [1.54, 1.807) is 23.3 Å². The number of rotatable bonds is 4. The normalized spacial score (nSPS) is 21.5. The molecule has 7 heteroatoms. The van der Waals surface area contributed by atoms with Gasteiger partial charge in [0.1, 0.15) is 11.3 Å². The molecule has 0 aromatic carbocycles. The predicted molar refractivity (Wildman–Crippen MR) is 82.5 cm³/mol. The van der Waals surface area contributed by atoms with E-state index in [-0.39, 0.29) is 11.5 Å². The van der Waals surface area contributed by atoms with Crippen LogP contribution in [0.15, 0.2) is 23.3 Å². The molecule has 6 nitrogen and oxygen atoms in total. The summed E-state index contributed by atoms with van der Waals surface area (Å²) >= 11 is 1.40. The lowest BCUT2D eigenvalue weighted by molar-refractivity contribution is -0.0760. The zero-order valence-corrected chi connectivity index (χ0v) is 13.2. The van der Waals surface area contributed by atoms with E-state index in [0.717, 1.165) is 31.4 Å². The zero-order valence-electron chi connectivity index (χ0n) is 12.4. The van der Waals surface area contributed by atoms with Crippen LogP contribution in [0.1, 0.15) is 48.1 Å². The summed E-state index contributed by atoms with van der Waals surface area (Å²) in [6, 6.07) is 0. The van der Waals surface area contributed by atoms with Gasteiger partial charge in [-0.15, -0.1) is 11.3 Å². The fourth-order valence-corrected chi connectivity index (χ4v) is 2.96. The number of carbonyl (C=O) groups excluding carboxylic acids is 1. The number of amides is 1. The summed E-state index contributed by atoms with van der Waals surface area (Å²) < 4.78 is 5.84. The molecular formula is C15H18N4O2S. The predicted octanol–water partition coefficient (Wildman–Crippen LogP) is 2.28. The highest BCUT2D eigenvalue weighted by Gasteiger charge is 2.32. The Kier molecular flexibility index (Phi) is 4.44. The first-order valence-corrected chi connectivity index (χ1v) is 8.23. The van der Waals surface area contributed by atoms with Crippen molar-refractivity contribution in [2.45, 2.75) is 38.3 Å². The Hall–Kier alpha value is -1.86. The molecule has 22 heavy (non-hydrogen) atoms. The second-order valence-corrected chi connectivity index (χ2v) is 6.23. The minimum Gasteiger partial charge on any atom is -0.367 e. The Labute approximate surface area is 133 Å². The highest BCUT2D eigenvalue weighted by molar-refractivity contribution is 7.07. The maximum atomic E-state index is 11.8. The van der Waals surface area contributed by atoms with E-state index in [1.165, 1.54) is 11.3 Å². The molecule has 3 rings (SSSR count). The molecule has 0 aliphatic carbocycles. The molecule has 2 aromatic heterocycles.